The maximum absolute atomic E-state index is 5.90. The van der Waals surface area contributed by atoms with Gasteiger partial charge in [-0.3, -0.25) is 4.98 Å². The van der Waals surface area contributed by atoms with Crippen molar-refractivity contribution in [2.45, 2.75) is 31.9 Å². The fraction of sp³-hybridized carbons (Fsp3) is 0.476. The standard InChI is InChI=1S/C21H26N8O3/c1-14-10-28(20-26-18(32-27-20)21(2)12-30-13-21)5-6-29(14)19-24-7-16(8-25-19)31-11-15-3-4-23-9-17(15)22/h3-4,7-9,14H,5-6,10-13,22H2,1-2H3/t14-/m1/s1. The van der Waals surface area contributed by atoms with Gasteiger partial charge < -0.3 is 29.5 Å². The van der Waals surface area contributed by atoms with Crippen molar-refractivity contribution in [1.82, 2.24) is 25.1 Å². The van der Waals surface area contributed by atoms with Gasteiger partial charge >= 0.3 is 0 Å². The topological polar surface area (TPSA) is 129 Å². The van der Waals surface area contributed by atoms with Crippen molar-refractivity contribution in [3.63, 3.8) is 0 Å². The van der Waals surface area contributed by atoms with E-state index < -0.39 is 0 Å². The summed E-state index contributed by atoms with van der Waals surface area (Å²) in [5.41, 5.74) is 7.21. The number of piperazine rings is 1. The number of ether oxygens (including phenoxy) is 2. The van der Waals surface area contributed by atoms with E-state index in [1.807, 2.05) is 6.07 Å². The molecular formula is C21H26N8O3. The second-order valence-electron chi connectivity index (χ2n) is 8.52. The monoisotopic (exact) mass is 438 g/mol. The Morgan fingerprint density at radius 2 is 2.00 bits per heavy atom. The van der Waals surface area contributed by atoms with Crippen LogP contribution in [-0.2, 0) is 16.8 Å². The third kappa shape index (κ3) is 3.91. The fourth-order valence-electron chi connectivity index (χ4n) is 3.82. The zero-order valence-corrected chi connectivity index (χ0v) is 18.1. The normalized spacial score (nSPS) is 20.1. The van der Waals surface area contributed by atoms with Gasteiger partial charge in [-0.05, 0) is 25.1 Å². The molecule has 0 spiro atoms. The zero-order valence-electron chi connectivity index (χ0n) is 18.1. The summed E-state index contributed by atoms with van der Waals surface area (Å²) in [5.74, 6) is 2.52. The van der Waals surface area contributed by atoms with E-state index in [1.165, 1.54) is 0 Å². The van der Waals surface area contributed by atoms with E-state index in [4.69, 9.17) is 19.7 Å². The highest BCUT2D eigenvalue weighted by Crippen LogP contribution is 2.31. The fourth-order valence-corrected chi connectivity index (χ4v) is 3.82. The van der Waals surface area contributed by atoms with Gasteiger partial charge in [0.15, 0.2) is 5.75 Å². The minimum Gasteiger partial charge on any atom is -0.486 e. The highest BCUT2D eigenvalue weighted by Gasteiger charge is 2.41. The van der Waals surface area contributed by atoms with Gasteiger partial charge in [-0.25, -0.2) is 9.97 Å². The number of rotatable bonds is 6. The summed E-state index contributed by atoms with van der Waals surface area (Å²) in [6.07, 6.45) is 6.67. The molecule has 0 aromatic carbocycles. The van der Waals surface area contributed by atoms with E-state index >= 15 is 0 Å². The Morgan fingerprint density at radius 1 is 1.19 bits per heavy atom. The lowest BCUT2D eigenvalue weighted by atomic mass is 9.89. The first-order chi connectivity index (χ1) is 15.5. The Labute approximate surface area is 185 Å². The van der Waals surface area contributed by atoms with E-state index in [1.54, 1.807) is 24.8 Å². The van der Waals surface area contributed by atoms with E-state index in [2.05, 4.69) is 48.7 Å². The predicted octanol–water partition coefficient (Wildman–Crippen LogP) is 1.42. The minimum atomic E-state index is -0.167. The molecule has 2 aliphatic heterocycles. The molecule has 11 nitrogen and oxygen atoms in total. The molecule has 0 saturated carbocycles. The van der Waals surface area contributed by atoms with E-state index in [0.717, 1.165) is 25.2 Å². The Kier molecular flexibility index (Phi) is 5.25. The second kappa shape index (κ2) is 8.23. The summed E-state index contributed by atoms with van der Waals surface area (Å²) < 4.78 is 16.6. The van der Waals surface area contributed by atoms with Crippen molar-refractivity contribution in [3.05, 3.63) is 42.3 Å². The Hall–Kier alpha value is -3.47. The maximum atomic E-state index is 5.90. The average Bonchev–Trinajstić information content (AvgIpc) is 3.28. The number of nitrogen functional groups attached to an aromatic ring is 1. The van der Waals surface area contributed by atoms with Crippen molar-refractivity contribution >= 4 is 17.6 Å². The van der Waals surface area contributed by atoms with Crippen LogP contribution in [0.3, 0.4) is 0 Å². The number of nitrogens with two attached hydrogens (primary N) is 1. The van der Waals surface area contributed by atoms with Gasteiger partial charge in [0.05, 0.1) is 42.9 Å². The largest absolute Gasteiger partial charge is 0.486 e. The number of hydrogen-bond acceptors (Lipinski definition) is 11. The molecule has 1 atom stereocenters. The first-order valence-electron chi connectivity index (χ1n) is 10.6. The SMILES string of the molecule is C[C@@H]1CN(c2noc(C3(C)COC3)n2)CCN1c1ncc(OCc2ccncc2N)cn1. The Bertz CT molecular complexity index is 1070. The predicted molar refractivity (Wildman–Crippen MR) is 117 cm³/mol. The lowest BCUT2D eigenvalue weighted by Crippen LogP contribution is -2.53. The molecule has 0 aliphatic carbocycles. The summed E-state index contributed by atoms with van der Waals surface area (Å²) in [5, 5.41) is 4.19. The molecule has 5 heterocycles. The van der Waals surface area contributed by atoms with Crippen molar-refractivity contribution < 1.29 is 14.0 Å². The van der Waals surface area contributed by atoms with Crippen LogP contribution in [0.4, 0.5) is 17.6 Å². The maximum Gasteiger partial charge on any atom is 0.266 e. The molecule has 2 aliphatic rings. The highest BCUT2D eigenvalue weighted by atomic mass is 16.5. The minimum absolute atomic E-state index is 0.167. The average molecular weight is 438 g/mol. The van der Waals surface area contributed by atoms with Crippen LogP contribution in [0.5, 0.6) is 5.75 Å². The van der Waals surface area contributed by atoms with Crippen LogP contribution in [0.2, 0.25) is 0 Å². The number of anilines is 3. The lowest BCUT2D eigenvalue weighted by molar-refractivity contribution is -0.0644. The molecule has 0 unspecified atom stereocenters. The molecule has 3 aromatic heterocycles. The highest BCUT2D eigenvalue weighted by molar-refractivity contribution is 5.44. The first-order valence-corrected chi connectivity index (χ1v) is 10.6. The van der Waals surface area contributed by atoms with E-state index in [0.29, 0.717) is 49.0 Å². The quantitative estimate of drug-likeness (QED) is 0.600. The number of hydrogen-bond donors (Lipinski definition) is 1. The molecule has 2 N–H and O–H groups in total. The molecule has 0 bridgehead atoms. The third-order valence-electron chi connectivity index (χ3n) is 5.90. The summed E-state index contributed by atoms with van der Waals surface area (Å²) >= 11 is 0. The van der Waals surface area contributed by atoms with Crippen LogP contribution in [-0.4, -0.2) is 64.0 Å². The van der Waals surface area contributed by atoms with Crippen molar-refractivity contribution in [3.8, 4) is 5.75 Å². The summed E-state index contributed by atoms with van der Waals surface area (Å²) in [6, 6.07) is 2.01. The van der Waals surface area contributed by atoms with Gasteiger partial charge in [0.2, 0.25) is 11.8 Å². The van der Waals surface area contributed by atoms with Gasteiger partial charge in [0.1, 0.15) is 6.61 Å². The molecule has 0 amide bonds. The van der Waals surface area contributed by atoms with Crippen molar-refractivity contribution in [1.29, 1.82) is 0 Å². The lowest BCUT2D eigenvalue weighted by Gasteiger charge is -2.39. The van der Waals surface area contributed by atoms with Crippen molar-refractivity contribution in [2.24, 2.45) is 0 Å². The molecule has 32 heavy (non-hydrogen) atoms. The number of pyridine rings is 1. The zero-order chi connectivity index (χ0) is 22.1. The summed E-state index contributed by atoms with van der Waals surface area (Å²) in [4.78, 5) is 21.9. The van der Waals surface area contributed by atoms with Crippen molar-refractivity contribution in [2.75, 3.05) is 48.4 Å². The van der Waals surface area contributed by atoms with Gasteiger partial charge in [0.25, 0.3) is 5.95 Å². The molecule has 3 aromatic rings. The van der Waals surface area contributed by atoms with Gasteiger partial charge in [-0.1, -0.05) is 0 Å². The Balaban J connectivity index is 1.19. The molecule has 5 rings (SSSR count). The van der Waals surface area contributed by atoms with Crippen LogP contribution < -0.4 is 20.3 Å². The number of aromatic nitrogens is 5. The smallest absolute Gasteiger partial charge is 0.266 e. The van der Waals surface area contributed by atoms with E-state index in [-0.39, 0.29) is 11.5 Å². The van der Waals surface area contributed by atoms with Crippen LogP contribution >= 0.6 is 0 Å². The number of nitrogens with zero attached hydrogens (tertiary/aromatic N) is 7. The molecule has 168 valence electrons. The van der Waals surface area contributed by atoms with E-state index in [9.17, 15) is 0 Å². The van der Waals surface area contributed by atoms with Crippen LogP contribution in [0.1, 0.15) is 25.3 Å². The molecule has 11 heteroatoms. The van der Waals surface area contributed by atoms with Gasteiger partial charge in [-0.15, -0.1) is 0 Å². The molecule has 2 saturated heterocycles. The first kappa shape index (κ1) is 20.4. The van der Waals surface area contributed by atoms with Crippen LogP contribution in [0.25, 0.3) is 0 Å². The van der Waals surface area contributed by atoms with Crippen LogP contribution in [0.15, 0.2) is 35.4 Å². The van der Waals surface area contributed by atoms with Gasteiger partial charge in [0, 0.05) is 37.4 Å². The summed E-state index contributed by atoms with van der Waals surface area (Å²) in [7, 11) is 0. The third-order valence-corrected chi connectivity index (χ3v) is 5.90. The molecular weight excluding hydrogens is 412 g/mol. The van der Waals surface area contributed by atoms with Gasteiger partial charge in [-0.2, -0.15) is 4.98 Å². The second-order valence-corrected chi connectivity index (χ2v) is 8.52. The van der Waals surface area contributed by atoms with Crippen LogP contribution in [0, 0.1) is 0 Å². The molecule has 2 fully saturated rings. The Morgan fingerprint density at radius 3 is 2.69 bits per heavy atom. The summed E-state index contributed by atoms with van der Waals surface area (Å²) in [6.45, 7) is 8.02. The molecule has 0 radical (unpaired) electrons.